The van der Waals surface area contributed by atoms with E-state index in [0.717, 1.165) is 16.8 Å². The number of nitrogens with zero attached hydrogens (tertiary/aromatic N) is 5. The SMILES string of the molecule is Cc1ccc(-n2c(SC(C)C(=O)N3CCNC3=O)nnc2-c2ccncc2)cc1C. The standard InChI is InChI=1S/C21H22N6O2S/c1-13-4-5-17(12-14(13)2)27-18(16-6-8-22-9-7-16)24-25-21(27)30-15(3)19(28)26-11-10-23-20(26)29/h4-9,12,15H,10-11H2,1-3H3,(H,23,29). The number of thioether (sulfide) groups is 1. The summed E-state index contributed by atoms with van der Waals surface area (Å²) in [5, 5.41) is 11.5. The molecule has 1 fully saturated rings. The largest absolute Gasteiger partial charge is 0.336 e. The molecule has 154 valence electrons. The number of amides is 3. The summed E-state index contributed by atoms with van der Waals surface area (Å²) in [4.78, 5) is 30.0. The molecule has 1 aliphatic heterocycles. The zero-order valence-electron chi connectivity index (χ0n) is 17.0. The number of rotatable bonds is 5. The van der Waals surface area contributed by atoms with E-state index < -0.39 is 5.25 Å². The lowest BCUT2D eigenvalue weighted by Crippen LogP contribution is -2.39. The van der Waals surface area contributed by atoms with E-state index in [0.29, 0.717) is 24.1 Å². The molecule has 3 heterocycles. The third-order valence-corrected chi connectivity index (χ3v) is 6.10. The number of benzene rings is 1. The molecule has 1 saturated heterocycles. The summed E-state index contributed by atoms with van der Waals surface area (Å²) in [6.07, 6.45) is 3.42. The van der Waals surface area contributed by atoms with Gasteiger partial charge >= 0.3 is 6.03 Å². The van der Waals surface area contributed by atoms with Crippen molar-refractivity contribution in [2.45, 2.75) is 31.2 Å². The molecule has 30 heavy (non-hydrogen) atoms. The van der Waals surface area contributed by atoms with Crippen molar-refractivity contribution in [1.29, 1.82) is 0 Å². The molecule has 4 rings (SSSR count). The third-order valence-electron chi connectivity index (χ3n) is 5.07. The van der Waals surface area contributed by atoms with E-state index in [-0.39, 0.29) is 11.9 Å². The number of aromatic nitrogens is 4. The zero-order chi connectivity index (χ0) is 21.3. The number of imide groups is 1. The van der Waals surface area contributed by atoms with Gasteiger partial charge in [-0.2, -0.15) is 0 Å². The number of hydrogen-bond acceptors (Lipinski definition) is 6. The van der Waals surface area contributed by atoms with Crippen molar-refractivity contribution in [2.24, 2.45) is 0 Å². The fourth-order valence-corrected chi connectivity index (χ4v) is 4.17. The summed E-state index contributed by atoms with van der Waals surface area (Å²) >= 11 is 1.29. The molecule has 0 saturated carbocycles. The first-order chi connectivity index (χ1) is 14.5. The van der Waals surface area contributed by atoms with E-state index in [9.17, 15) is 9.59 Å². The molecule has 8 nitrogen and oxygen atoms in total. The van der Waals surface area contributed by atoms with Crippen LogP contribution in [0.5, 0.6) is 0 Å². The van der Waals surface area contributed by atoms with Crippen molar-refractivity contribution in [1.82, 2.24) is 30.0 Å². The van der Waals surface area contributed by atoms with Crippen molar-refractivity contribution in [2.75, 3.05) is 13.1 Å². The van der Waals surface area contributed by atoms with E-state index in [1.807, 2.05) is 22.8 Å². The summed E-state index contributed by atoms with van der Waals surface area (Å²) in [6.45, 7) is 6.76. The Morgan fingerprint density at radius 1 is 1.13 bits per heavy atom. The van der Waals surface area contributed by atoms with Crippen molar-refractivity contribution < 1.29 is 9.59 Å². The second-order valence-electron chi connectivity index (χ2n) is 7.13. The summed E-state index contributed by atoms with van der Waals surface area (Å²) in [6, 6.07) is 9.55. The topological polar surface area (TPSA) is 93.0 Å². The predicted octanol–water partition coefficient (Wildman–Crippen LogP) is 2.98. The zero-order valence-corrected chi connectivity index (χ0v) is 17.8. The van der Waals surface area contributed by atoms with Gasteiger partial charge in [-0.3, -0.25) is 19.2 Å². The molecular weight excluding hydrogens is 400 g/mol. The predicted molar refractivity (Wildman–Crippen MR) is 114 cm³/mol. The second-order valence-corrected chi connectivity index (χ2v) is 8.44. The molecule has 3 amide bonds. The summed E-state index contributed by atoms with van der Waals surface area (Å²) < 4.78 is 1.94. The van der Waals surface area contributed by atoms with Crippen LogP contribution in [0.15, 0.2) is 47.9 Å². The van der Waals surface area contributed by atoms with E-state index >= 15 is 0 Å². The van der Waals surface area contributed by atoms with Crippen LogP contribution in [0.3, 0.4) is 0 Å². The molecule has 9 heteroatoms. The first-order valence-electron chi connectivity index (χ1n) is 9.65. The van der Waals surface area contributed by atoms with Gasteiger partial charge in [0.25, 0.3) is 0 Å². The molecule has 3 aromatic rings. The highest BCUT2D eigenvalue weighted by Crippen LogP contribution is 2.31. The summed E-state index contributed by atoms with van der Waals surface area (Å²) in [7, 11) is 0. The molecule has 0 aliphatic carbocycles. The average molecular weight is 423 g/mol. The number of pyridine rings is 1. The van der Waals surface area contributed by atoms with Gasteiger partial charge in [-0.05, 0) is 56.2 Å². The molecule has 0 radical (unpaired) electrons. The van der Waals surface area contributed by atoms with Gasteiger partial charge in [0.1, 0.15) is 0 Å². The molecule has 1 aromatic carbocycles. The maximum atomic E-state index is 12.8. The minimum atomic E-state index is -0.492. The van der Waals surface area contributed by atoms with Gasteiger partial charge in [0.2, 0.25) is 5.91 Å². The van der Waals surface area contributed by atoms with Crippen LogP contribution in [0, 0.1) is 13.8 Å². The average Bonchev–Trinajstić information content (AvgIpc) is 3.36. The Hall–Kier alpha value is -3.20. The summed E-state index contributed by atoms with van der Waals surface area (Å²) in [5.74, 6) is 0.428. The Morgan fingerprint density at radius 2 is 1.90 bits per heavy atom. The number of aryl methyl sites for hydroxylation is 2. The number of carbonyl (C=O) groups excluding carboxylic acids is 2. The highest BCUT2D eigenvalue weighted by Gasteiger charge is 2.31. The second kappa shape index (κ2) is 8.27. The molecule has 1 N–H and O–H groups in total. The molecule has 0 spiro atoms. The van der Waals surface area contributed by atoms with Crippen LogP contribution in [-0.4, -0.2) is 54.9 Å². The third kappa shape index (κ3) is 3.80. The summed E-state index contributed by atoms with van der Waals surface area (Å²) in [5.41, 5.74) is 4.13. The van der Waals surface area contributed by atoms with E-state index in [1.54, 1.807) is 19.3 Å². The quantitative estimate of drug-likeness (QED) is 0.636. The lowest BCUT2D eigenvalue weighted by atomic mass is 10.1. The van der Waals surface area contributed by atoms with E-state index in [2.05, 4.69) is 46.5 Å². The maximum absolute atomic E-state index is 12.8. The van der Waals surface area contributed by atoms with Crippen molar-refractivity contribution >= 4 is 23.7 Å². The Bertz CT molecular complexity index is 1100. The van der Waals surface area contributed by atoms with E-state index in [4.69, 9.17) is 0 Å². The van der Waals surface area contributed by atoms with Gasteiger partial charge in [-0.25, -0.2) is 4.79 Å². The van der Waals surface area contributed by atoms with Gasteiger partial charge < -0.3 is 5.32 Å². The van der Waals surface area contributed by atoms with Crippen LogP contribution < -0.4 is 5.32 Å². The minimum Gasteiger partial charge on any atom is -0.336 e. The van der Waals surface area contributed by atoms with Gasteiger partial charge in [-0.1, -0.05) is 17.8 Å². The molecule has 1 unspecified atom stereocenters. The number of hydrogen-bond donors (Lipinski definition) is 1. The lowest BCUT2D eigenvalue weighted by Gasteiger charge is -2.18. The molecular formula is C21H22N6O2S. The van der Waals surface area contributed by atoms with E-state index in [1.165, 1.54) is 22.2 Å². The maximum Gasteiger partial charge on any atom is 0.324 e. The van der Waals surface area contributed by atoms with Crippen LogP contribution in [0.2, 0.25) is 0 Å². The van der Waals surface area contributed by atoms with Crippen molar-refractivity contribution in [3.8, 4) is 17.1 Å². The number of urea groups is 1. The van der Waals surface area contributed by atoms with Gasteiger partial charge in [-0.15, -0.1) is 10.2 Å². The first kappa shape index (κ1) is 20.1. The van der Waals surface area contributed by atoms with Crippen LogP contribution in [-0.2, 0) is 4.79 Å². The van der Waals surface area contributed by atoms with Crippen molar-refractivity contribution in [3.63, 3.8) is 0 Å². The molecule has 1 atom stereocenters. The van der Waals surface area contributed by atoms with Crippen LogP contribution in [0.4, 0.5) is 4.79 Å². The number of nitrogens with one attached hydrogen (secondary N) is 1. The Morgan fingerprint density at radius 3 is 2.57 bits per heavy atom. The normalized spacial score (nSPS) is 14.6. The van der Waals surface area contributed by atoms with Crippen molar-refractivity contribution in [3.05, 3.63) is 53.9 Å². The van der Waals surface area contributed by atoms with Gasteiger partial charge in [0.05, 0.1) is 10.9 Å². The Labute approximate surface area is 178 Å². The first-order valence-corrected chi connectivity index (χ1v) is 10.5. The Balaban J connectivity index is 1.72. The lowest BCUT2D eigenvalue weighted by molar-refractivity contribution is -0.126. The number of carbonyl (C=O) groups is 2. The minimum absolute atomic E-state index is 0.241. The Kier molecular flexibility index (Phi) is 5.54. The fraction of sp³-hybridized carbons (Fsp3) is 0.286. The molecule has 2 aromatic heterocycles. The van der Waals surface area contributed by atoms with Crippen LogP contribution in [0.25, 0.3) is 17.1 Å². The van der Waals surface area contributed by atoms with Gasteiger partial charge in [0.15, 0.2) is 11.0 Å². The highest BCUT2D eigenvalue weighted by molar-refractivity contribution is 8.00. The monoisotopic (exact) mass is 422 g/mol. The molecule has 1 aliphatic rings. The smallest absolute Gasteiger partial charge is 0.324 e. The van der Waals surface area contributed by atoms with Crippen LogP contribution in [0.1, 0.15) is 18.1 Å². The fourth-order valence-electron chi connectivity index (χ4n) is 3.24. The van der Waals surface area contributed by atoms with Crippen LogP contribution >= 0.6 is 11.8 Å². The molecule has 0 bridgehead atoms. The van der Waals surface area contributed by atoms with Gasteiger partial charge in [0, 0.05) is 31.0 Å². The highest BCUT2D eigenvalue weighted by atomic mass is 32.2.